The highest BCUT2D eigenvalue weighted by atomic mass is 127. The van der Waals surface area contributed by atoms with Crippen LogP contribution in [0.3, 0.4) is 0 Å². The summed E-state index contributed by atoms with van der Waals surface area (Å²) < 4.78 is 2.01. The van der Waals surface area contributed by atoms with Crippen molar-refractivity contribution in [1.29, 1.82) is 0 Å². The third-order valence-electron chi connectivity index (χ3n) is 6.93. The number of hydrogen-bond donors (Lipinski definition) is 2. The summed E-state index contributed by atoms with van der Waals surface area (Å²) >= 11 is 6.35. The van der Waals surface area contributed by atoms with Crippen LogP contribution in [0.5, 0.6) is 0 Å². The van der Waals surface area contributed by atoms with Gasteiger partial charge in [-0.05, 0) is 105 Å². The Balaban J connectivity index is 2.04. The fraction of sp³-hybridized carbons (Fsp3) is 0.467. The number of rotatable bonds is 15. The molecule has 0 fully saturated rings. The second-order valence-corrected chi connectivity index (χ2v) is 13.3. The van der Waals surface area contributed by atoms with E-state index in [-0.39, 0.29) is 24.1 Å². The number of nitrogens with zero attached hydrogens (tertiary/aromatic N) is 2. The number of halogens is 3. The summed E-state index contributed by atoms with van der Waals surface area (Å²) in [6.45, 7) is 2.93. The van der Waals surface area contributed by atoms with Gasteiger partial charge in [0.25, 0.3) is 5.91 Å². The summed E-state index contributed by atoms with van der Waals surface area (Å²) in [7, 11) is 3.33. The molecule has 3 amide bonds. The highest BCUT2D eigenvalue weighted by molar-refractivity contribution is 14.1. The van der Waals surface area contributed by atoms with Crippen LogP contribution in [0.4, 0.5) is 17.1 Å². The first kappa shape index (κ1) is 35.7. The highest BCUT2D eigenvalue weighted by Gasteiger charge is 2.29. The summed E-state index contributed by atoms with van der Waals surface area (Å²) in [4.78, 5) is 51.7. The van der Waals surface area contributed by atoms with Gasteiger partial charge in [0.05, 0.1) is 27.6 Å². The van der Waals surface area contributed by atoms with Crippen LogP contribution in [-0.4, -0.2) is 42.9 Å². The van der Waals surface area contributed by atoms with Crippen molar-refractivity contribution in [1.82, 2.24) is 0 Å². The number of aliphatic carboxylic acids is 1. The lowest BCUT2D eigenvalue weighted by Gasteiger charge is -2.27. The topological polar surface area (TPSA) is 107 Å². The van der Waals surface area contributed by atoms with Crippen molar-refractivity contribution in [3.63, 3.8) is 0 Å². The molecule has 41 heavy (non-hydrogen) atoms. The summed E-state index contributed by atoms with van der Waals surface area (Å²) in [5, 5.41) is 11.7. The monoisotopic (exact) mass is 901 g/mol. The second-order valence-electron chi connectivity index (χ2n) is 10.0. The molecule has 0 unspecified atom stereocenters. The van der Waals surface area contributed by atoms with Gasteiger partial charge in [-0.1, -0.05) is 50.7 Å². The molecule has 0 aliphatic heterocycles. The maximum atomic E-state index is 13.6. The first-order valence-electron chi connectivity index (χ1n) is 13.7. The minimum atomic E-state index is -0.712. The molecule has 0 spiro atoms. The van der Waals surface area contributed by atoms with Gasteiger partial charge < -0.3 is 20.2 Å². The number of unbranched alkanes of at least 4 members (excludes halogenated alkanes) is 7. The molecule has 2 aromatic rings. The molecular weight excluding hydrogens is 863 g/mol. The van der Waals surface area contributed by atoms with Crippen LogP contribution < -0.4 is 15.1 Å². The van der Waals surface area contributed by atoms with Gasteiger partial charge in [0.2, 0.25) is 11.8 Å². The Hall–Kier alpha value is -1.49. The van der Waals surface area contributed by atoms with E-state index in [1.165, 1.54) is 42.1 Å². The Kier molecular flexibility index (Phi) is 15.3. The van der Waals surface area contributed by atoms with Gasteiger partial charge in [-0.2, -0.15) is 0 Å². The SMILES string of the molecule is CC(=O)N(C)c1c(I)c(C(=O)Nc2ccc(CCCCCCCCCCC(=O)O)cc2)c(I)c(N(C)C(C)=O)c1I. The highest BCUT2D eigenvalue weighted by Crippen LogP contribution is 2.42. The van der Waals surface area contributed by atoms with Crippen LogP contribution in [-0.2, 0) is 20.8 Å². The van der Waals surface area contributed by atoms with E-state index in [1.54, 1.807) is 14.1 Å². The van der Waals surface area contributed by atoms with Crippen molar-refractivity contribution < 1.29 is 24.3 Å². The number of carboxylic acids is 1. The van der Waals surface area contributed by atoms with Crippen LogP contribution in [0.25, 0.3) is 0 Å². The quantitative estimate of drug-likeness (QED) is 0.140. The number of aryl methyl sites for hydroxylation is 1. The van der Waals surface area contributed by atoms with Crippen LogP contribution in [0.2, 0.25) is 0 Å². The molecule has 224 valence electrons. The van der Waals surface area contributed by atoms with Crippen LogP contribution in [0, 0.1) is 10.7 Å². The van der Waals surface area contributed by atoms with Crippen molar-refractivity contribution in [2.24, 2.45) is 0 Å². The zero-order chi connectivity index (χ0) is 30.7. The van der Waals surface area contributed by atoms with E-state index in [4.69, 9.17) is 5.11 Å². The fourth-order valence-corrected chi connectivity index (χ4v) is 9.46. The van der Waals surface area contributed by atoms with Crippen LogP contribution >= 0.6 is 67.8 Å². The first-order chi connectivity index (χ1) is 19.4. The molecule has 0 saturated carbocycles. The summed E-state index contributed by atoms with van der Waals surface area (Å²) in [6.07, 6.45) is 9.89. The van der Waals surface area contributed by atoms with Crippen LogP contribution in [0.15, 0.2) is 24.3 Å². The third-order valence-corrected chi connectivity index (χ3v) is 10.1. The Morgan fingerprint density at radius 3 is 1.59 bits per heavy atom. The van der Waals surface area contributed by atoms with Gasteiger partial charge in [-0.25, -0.2) is 0 Å². The number of hydrogen-bond acceptors (Lipinski definition) is 4. The largest absolute Gasteiger partial charge is 0.481 e. The van der Waals surface area contributed by atoms with Gasteiger partial charge in [0.15, 0.2) is 0 Å². The predicted molar refractivity (Wildman–Crippen MR) is 190 cm³/mol. The number of benzene rings is 2. The number of amides is 3. The standard InChI is InChI=1S/C30H38I3N3O5/c1-19(37)35(3)28-25(31)24(26(32)29(27(28)33)36(4)20(2)38)30(41)34-22-17-15-21(16-18-22)13-11-9-7-5-6-8-10-12-14-23(39)40/h15-18H,5-14H2,1-4H3,(H,34,41)(H,39,40). The summed E-state index contributed by atoms with van der Waals surface area (Å²) in [6, 6.07) is 7.88. The first-order valence-corrected chi connectivity index (χ1v) is 16.9. The minimum absolute atomic E-state index is 0.173. The number of carboxylic acid groups (broad SMARTS) is 1. The zero-order valence-electron chi connectivity index (χ0n) is 24.0. The molecule has 0 radical (unpaired) electrons. The summed E-state index contributed by atoms with van der Waals surface area (Å²) in [5.41, 5.74) is 3.51. The van der Waals surface area contributed by atoms with E-state index in [1.807, 2.05) is 24.3 Å². The molecule has 8 nitrogen and oxygen atoms in total. The molecule has 0 atom stereocenters. The molecule has 2 aromatic carbocycles. The minimum Gasteiger partial charge on any atom is -0.481 e. The second kappa shape index (κ2) is 17.6. The molecule has 0 heterocycles. The molecule has 2 N–H and O–H groups in total. The van der Waals surface area contributed by atoms with Gasteiger partial charge in [-0.15, -0.1) is 0 Å². The van der Waals surface area contributed by atoms with Crippen molar-refractivity contribution in [3.8, 4) is 0 Å². The van der Waals surface area contributed by atoms with Gasteiger partial charge in [-0.3, -0.25) is 19.2 Å². The maximum absolute atomic E-state index is 13.6. The molecule has 2 rings (SSSR count). The predicted octanol–water partition coefficient (Wildman–Crippen LogP) is 7.86. The lowest BCUT2D eigenvalue weighted by atomic mass is 10.0. The molecular formula is C30H38I3N3O5. The van der Waals surface area contributed by atoms with E-state index < -0.39 is 5.97 Å². The van der Waals surface area contributed by atoms with Crippen molar-refractivity contribution in [3.05, 3.63) is 46.1 Å². The molecule has 11 heteroatoms. The van der Waals surface area contributed by atoms with Crippen molar-refractivity contribution in [2.45, 2.75) is 78.1 Å². The lowest BCUT2D eigenvalue weighted by Crippen LogP contribution is -2.31. The normalized spacial score (nSPS) is 10.8. The number of carbonyl (C=O) groups excluding carboxylic acids is 3. The Morgan fingerprint density at radius 1 is 0.707 bits per heavy atom. The number of carbonyl (C=O) groups is 4. The molecule has 0 aromatic heterocycles. The average molecular weight is 901 g/mol. The Labute approximate surface area is 283 Å². The Bertz CT molecular complexity index is 1200. The molecule has 0 aliphatic rings. The lowest BCUT2D eigenvalue weighted by molar-refractivity contribution is -0.137. The molecule has 0 aliphatic carbocycles. The van der Waals surface area contributed by atoms with E-state index in [9.17, 15) is 19.2 Å². The van der Waals surface area contributed by atoms with Gasteiger partial charge >= 0.3 is 5.97 Å². The smallest absolute Gasteiger partial charge is 0.303 e. The average Bonchev–Trinajstić information content (AvgIpc) is 2.90. The van der Waals surface area contributed by atoms with Crippen LogP contribution in [0.1, 0.15) is 87.6 Å². The summed E-state index contributed by atoms with van der Waals surface area (Å²) in [5.74, 6) is -1.36. The fourth-order valence-electron chi connectivity index (χ4n) is 4.36. The maximum Gasteiger partial charge on any atom is 0.303 e. The van der Waals surface area contributed by atoms with Gasteiger partial charge in [0, 0.05) is 40.1 Å². The third kappa shape index (κ3) is 10.6. The molecule has 0 saturated heterocycles. The van der Waals surface area contributed by atoms with Gasteiger partial charge in [0.1, 0.15) is 0 Å². The zero-order valence-corrected chi connectivity index (χ0v) is 30.5. The molecule has 0 bridgehead atoms. The number of nitrogens with one attached hydrogen (secondary N) is 1. The van der Waals surface area contributed by atoms with Crippen molar-refractivity contribution in [2.75, 3.05) is 29.2 Å². The van der Waals surface area contributed by atoms with E-state index in [0.29, 0.717) is 29.8 Å². The van der Waals surface area contributed by atoms with Crippen molar-refractivity contribution >= 4 is 109 Å². The van der Waals surface area contributed by atoms with E-state index in [0.717, 1.165) is 48.5 Å². The van der Waals surface area contributed by atoms with E-state index in [2.05, 4.69) is 73.1 Å². The van der Waals surface area contributed by atoms with E-state index >= 15 is 0 Å². The Morgan fingerprint density at radius 2 is 1.15 bits per heavy atom. The number of anilines is 3.